The standard InChI is InChI=1S/C10H20N2O3S/c1-8(5-6-11)12-10(13)9-4-2-3-7-16(9,14)15/h8-9H,2-7,11H2,1H3,(H,12,13). The summed E-state index contributed by atoms with van der Waals surface area (Å²) in [5, 5.41) is 1.86. The molecule has 0 bridgehead atoms. The minimum atomic E-state index is -3.23. The molecule has 1 saturated heterocycles. The normalized spacial score (nSPS) is 26.0. The zero-order chi connectivity index (χ0) is 12.2. The number of carbonyl (C=O) groups is 1. The fourth-order valence-electron chi connectivity index (χ4n) is 1.91. The smallest absolute Gasteiger partial charge is 0.238 e. The van der Waals surface area contributed by atoms with Crippen LogP contribution in [0.2, 0.25) is 0 Å². The van der Waals surface area contributed by atoms with Crippen molar-refractivity contribution in [2.75, 3.05) is 12.3 Å². The summed E-state index contributed by atoms with van der Waals surface area (Å²) in [6.07, 6.45) is 2.59. The molecule has 1 fully saturated rings. The van der Waals surface area contributed by atoms with Crippen LogP contribution in [0.1, 0.15) is 32.6 Å². The first-order valence-corrected chi connectivity index (χ1v) is 7.41. The zero-order valence-electron chi connectivity index (χ0n) is 9.61. The molecule has 0 spiro atoms. The Morgan fingerprint density at radius 1 is 1.50 bits per heavy atom. The summed E-state index contributed by atoms with van der Waals surface area (Å²) in [6, 6.07) is -0.0605. The van der Waals surface area contributed by atoms with E-state index in [1.165, 1.54) is 0 Å². The Morgan fingerprint density at radius 3 is 2.75 bits per heavy atom. The average molecular weight is 248 g/mol. The van der Waals surface area contributed by atoms with Crippen LogP contribution in [0, 0.1) is 0 Å². The van der Waals surface area contributed by atoms with Gasteiger partial charge in [-0.2, -0.15) is 0 Å². The second-order valence-corrected chi connectivity index (χ2v) is 6.64. The zero-order valence-corrected chi connectivity index (χ0v) is 10.4. The molecule has 1 amide bonds. The van der Waals surface area contributed by atoms with Gasteiger partial charge in [-0.05, 0) is 32.7 Å². The molecular formula is C10H20N2O3S. The fourth-order valence-corrected chi connectivity index (χ4v) is 3.72. The first-order chi connectivity index (χ1) is 7.47. The number of nitrogens with two attached hydrogens (primary N) is 1. The average Bonchev–Trinajstić information content (AvgIpc) is 2.16. The predicted octanol–water partition coefficient (Wildman–Crippen LogP) is -0.193. The highest BCUT2D eigenvalue weighted by Crippen LogP contribution is 2.19. The van der Waals surface area contributed by atoms with E-state index in [1.807, 2.05) is 6.92 Å². The van der Waals surface area contributed by atoms with E-state index in [0.717, 1.165) is 6.42 Å². The van der Waals surface area contributed by atoms with Crippen LogP contribution in [0.5, 0.6) is 0 Å². The summed E-state index contributed by atoms with van der Waals surface area (Å²) in [7, 11) is -3.23. The van der Waals surface area contributed by atoms with Crippen LogP contribution in [0.15, 0.2) is 0 Å². The predicted molar refractivity (Wildman–Crippen MR) is 62.7 cm³/mol. The van der Waals surface area contributed by atoms with E-state index in [4.69, 9.17) is 5.73 Å². The first-order valence-electron chi connectivity index (χ1n) is 5.69. The van der Waals surface area contributed by atoms with Crippen molar-refractivity contribution in [2.24, 2.45) is 5.73 Å². The third-order valence-corrected chi connectivity index (χ3v) is 5.03. The number of rotatable bonds is 4. The monoisotopic (exact) mass is 248 g/mol. The maximum Gasteiger partial charge on any atom is 0.238 e. The second kappa shape index (κ2) is 5.63. The Labute approximate surface area is 96.7 Å². The molecule has 0 aromatic heterocycles. The number of nitrogens with one attached hydrogen (secondary N) is 1. The molecule has 1 aliphatic heterocycles. The Kier molecular flexibility index (Phi) is 4.73. The molecule has 0 aromatic rings. The molecule has 2 atom stereocenters. The van der Waals surface area contributed by atoms with Crippen LogP contribution >= 0.6 is 0 Å². The Hall–Kier alpha value is -0.620. The van der Waals surface area contributed by atoms with Gasteiger partial charge >= 0.3 is 0 Å². The van der Waals surface area contributed by atoms with E-state index in [2.05, 4.69) is 5.32 Å². The molecule has 1 aliphatic rings. The van der Waals surface area contributed by atoms with Crippen LogP contribution in [-0.4, -0.2) is 37.9 Å². The van der Waals surface area contributed by atoms with Gasteiger partial charge in [0.25, 0.3) is 0 Å². The molecule has 1 heterocycles. The van der Waals surface area contributed by atoms with Crippen molar-refractivity contribution in [1.82, 2.24) is 5.32 Å². The van der Waals surface area contributed by atoms with Gasteiger partial charge in [-0.25, -0.2) is 8.42 Å². The molecule has 0 saturated carbocycles. The number of carbonyl (C=O) groups excluding carboxylic acids is 1. The highest BCUT2D eigenvalue weighted by Gasteiger charge is 2.34. The highest BCUT2D eigenvalue weighted by molar-refractivity contribution is 7.92. The molecule has 5 nitrogen and oxygen atoms in total. The lowest BCUT2D eigenvalue weighted by molar-refractivity contribution is -0.121. The number of hydrogen-bond acceptors (Lipinski definition) is 4. The maximum absolute atomic E-state index is 11.8. The van der Waals surface area contributed by atoms with E-state index in [-0.39, 0.29) is 17.7 Å². The highest BCUT2D eigenvalue weighted by atomic mass is 32.2. The summed E-state index contributed by atoms with van der Waals surface area (Å²) >= 11 is 0. The summed E-state index contributed by atoms with van der Waals surface area (Å²) in [5.74, 6) is -0.225. The number of sulfone groups is 1. The van der Waals surface area contributed by atoms with Crippen LogP contribution in [0.3, 0.4) is 0 Å². The third-order valence-electron chi connectivity index (χ3n) is 2.86. The largest absolute Gasteiger partial charge is 0.352 e. The van der Waals surface area contributed by atoms with E-state index in [1.54, 1.807) is 0 Å². The number of amides is 1. The summed E-state index contributed by atoms with van der Waals surface area (Å²) in [5.41, 5.74) is 5.37. The lowest BCUT2D eigenvalue weighted by atomic mass is 10.1. The van der Waals surface area contributed by atoms with E-state index >= 15 is 0 Å². The molecule has 0 radical (unpaired) electrons. The van der Waals surface area contributed by atoms with Gasteiger partial charge in [0.05, 0.1) is 5.75 Å². The summed E-state index contributed by atoms with van der Waals surface area (Å²) < 4.78 is 23.4. The lowest BCUT2D eigenvalue weighted by Gasteiger charge is -2.23. The number of hydrogen-bond donors (Lipinski definition) is 2. The molecule has 1 rings (SSSR count). The quantitative estimate of drug-likeness (QED) is 0.721. The van der Waals surface area contributed by atoms with Gasteiger partial charge in [0, 0.05) is 6.04 Å². The topological polar surface area (TPSA) is 89.3 Å². The van der Waals surface area contributed by atoms with Crippen molar-refractivity contribution >= 4 is 15.7 Å². The van der Waals surface area contributed by atoms with Crippen LogP contribution in [-0.2, 0) is 14.6 Å². The van der Waals surface area contributed by atoms with E-state index < -0.39 is 15.1 Å². The van der Waals surface area contributed by atoms with Crippen molar-refractivity contribution in [3.05, 3.63) is 0 Å². The van der Waals surface area contributed by atoms with Crippen molar-refractivity contribution in [1.29, 1.82) is 0 Å². The van der Waals surface area contributed by atoms with Gasteiger partial charge in [0.2, 0.25) is 5.91 Å². The van der Waals surface area contributed by atoms with Crippen molar-refractivity contribution in [3.8, 4) is 0 Å². The third kappa shape index (κ3) is 3.45. The maximum atomic E-state index is 11.8. The summed E-state index contributed by atoms with van der Waals surface area (Å²) in [6.45, 7) is 2.32. The minimum Gasteiger partial charge on any atom is -0.352 e. The molecule has 94 valence electrons. The van der Waals surface area contributed by atoms with Gasteiger partial charge in [-0.3, -0.25) is 4.79 Å². The lowest BCUT2D eigenvalue weighted by Crippen LogP contribution is -2.46. The molecule has 16 heavy (non-hydrogen) atoms. The Morgan fingerprint density at radius 2 is 2.19 bits per heavy atom. The van der Waals surface area contributed by atoms with E-state index in [0.29, 0.717) is 25.8 Å². The fraction of sp³-hybridized carbons (Fsp3) is 0.900. The van der Waals surface area contributed by atoms with Gasteiger partial charge in [0.1, 0.15) is 5.25 Å². The van der Waals surface area contributed by atoms with Gasteiger partial charge in [0.15, 0.2) is 9.84 Å². The van der Waals surface area contributed by atoms with E-state index in [9.17, 15) is 13.2 Å². The van der Waals surface area contributed by atoms with Crippen LogP contribution in [0.4, 0.5) is 0 Å². The second-order valence-electron chi connectivity index (χ2n) is 4.34. The van der Waals surface area contributed by atoms with Crippen LogP contribution in [0.25, 0.3) is 0 Å². The van der Waals surface area contributed by atoms with Gasteiger partial charge in [-0.1, -0.05) is 6.42 Å². The molecule has 0 aromatic carbocycles. The Balaban J connectivity index is 2.59. The molecule has 3 N–H and O–H groups in total. The summed E-state index contributed by atoms with van der Waals surface area (Å²) in [4.78, 5) is 11.8. The van der Waals surface area contributed by atoms with Crippen molar-refractivity contribution < 1.29 is 13.2 Å². The minimum absolute atomic E-state index is 0.0605. The van der Waals surface area contributed by atoms with Gasteiger partial charge < -0.3 is 11.1 Å². The molecule has 6 heteroatoms. The Bertz CT molecular complexity index is 340. The van der Waals surface area contributed by atoms with Gasteiger partial charge in [-0.15, -0.1) is 0 Å². The van der Waals surface area contributed by atoms with Crippen molar-refractivity contribution in [2.45, 2.75) is 43.9 Å². The first kappa shape index (κ1) is 13.4. The SMILES string of the molecule is CC(CCN)NC(=O)C1CCCCS1(=O)=O. The molecule has 2 unspecified atom stereocenters. The van der Waals surface area contributed by atoms with Crippen LogP contribution < -0.4 is 11.1 Å². The van der Waals surface area contributed by atoms with Crippen molar-refractivity contribution in [3.63, 3.8) is 0 Å². The molecular weight excluding hydrogens is 228 g/mol. The molecule has 0 aliphatic carbocycles.